The van der Waals surface area contributed by atoms with Crippen LogP contribution in [0.4, 0.5) is 5.69 Å². The van der Waals surface area contributed by atoms with Crippen molar-refractivity contribution in [2.24, 2.45) is 5.73 Å². The molecule has 2 aliphatic rings. The number of hydrogen-bond acceptors (Lipinski definition) is 6. The van der Waals surface area contributed by atoms with E-state index in [9.17, 15) is 9.59 Å². The van der Waals surface area contributed by atoms with Gasteiger partial charge in [-0.3, -0.25) is 14.5 Å². The van der Waals surface area contributed by atoms with Crippen molar-refractivity contribution in [3.05, 3.63) is 46.4 Å². The number of amides is 2. The highest BCUT2D eigenvalue weighted by Gasteiger charge is 2.38. The smallest absolute Gasteiger partial charge is 0.273 e. The molecule has 2 fully saturated rings. The molecular formula is C19H23N5O2S. The maximum Gasteiger partial charge on any atom is 0.273 e. The van der Waals surface area contributed by atoms with Crippen molar-refractivity contribution in [3.63, 3.8) is 0 Å². The molecule has 142 valence electrons. The molecule has 0 spiro atoms. The summed E-state index contributed by atoms with van der Waals surface area (Å²) in [5, 5.41) is 2.55. The number of piperazine rings is 1. The van der Waals surface area contributed by atoms with Crippen molar-refractivity contribution < 1.29 is 9.59 Å². The zero-order chi connectivity index (χ0) is 18.8. The molecule has 8 heteroatoms. The van der Waals surface area contributed by atoms with Crippen LogP contribution in [0, 0.1) is 0 Å². The quantitative estimate of drug-likeness (QED) is 0.854. The van der Waals surface area contributed by atoms with Crippen LogP contribution in [0.1, 0.15) is 21.9 Å². The van der Waals surface area contributed by atoms with Gasteiger partial charge in [0.15, 0.2) is 0 Å². The van der Waals surface area contributed by atoms with Crippen LogP contribution in [0.5, 0.6) is 0 Å². The molecule has 3 heterocycles. The van der Waals surface area contributed by atoms with E-state index in [1.54, 1.807) is 5.38 Å². The highest BCUT2D eigenvalue weighted by molar-refractivity contribution is 7.09. The van der Waals surface area contributed by atoms with Crippen LogP contribution in [0.2, 0.25) is 0 Å². The molecule has 1 unspecified atom stereocenters. The molecule has 2 saturated heterocycles. The monoisotopic (exact) mass is 385 g/mol. The molecule has 27 heavy (non-hydrogen) atoms. The highest BCUT2D eigenvalue weighted by Crippen LogP contribution is 2.25. The van der Waals surface area contributed by atoms with Crippen molar-refractivity contribution in [2.45, 2.75) is 19.0 Å². The second-order valence-electron chi connectivity index (χ2n) is 6.79. The van der Waals surface area contributed by atoms with Crippen LogP contribution >= 0.6 is 11.3 Å². The first kappa shape index (κ1) is 18.1. The summed E-state index contributed by atoms with van der Waals surface area (Å²) in [6, 6.07) is 9.71. The van der Waals surface area contributed by atoms with Gasteiger partial charge in [0.1, 0.15) is 10.7 Å². The van der Waals surface area contributed by atoms with Crippen molar-refractivity contribution in [1.29, 1.82) is 0 Å². The number of nitrogens with zero attached hydrogens (tertiary/aromatic N) is 4. The maximum absolute atomic E-state index is 12.9. The lowest BCUT2D eigenvalue weighted by Gasteiger charge is -2.37. The molecule has 7 nitrogen and oxygen atoms in total. The van der Waals surface area contributed by atoms with Gasteiger partial charge in [0.25, 0.3) is 5.91 Å². The lowest BCUT2D eigenvalue weighted by molar-refractivity contribution is -0.122. The van der Waals surface area contributed by atoms with Crippen molar-refractivity contribution in [3.8, 4) is 0 Å². The van der Waals surface area contributed by atoms with E-state index in [4.69, 9.17) is 5.73 Å². The molecule has 1 atom stereocenters. The zero-order valence-corrected chi connectivity index (χ0v) is 15.9. The average molecular weight is 385 g/mol. The molecule has 2 N–H and O–H groups in total. The van der Waals surface area contributed by atoms with Crippen molar-refractivity contribution >= 4 is 28.8 Å². The minimum Gasteiger partial charge on any atom is -0.335 e. The molecule has 4 rings (SSSR count). The molecule has 1 aromatic heterocycles. The van der Waals surface area contributed by atoms with E-state index in [-0.39, 0.29) is 17.9 Å². The molecule has 0 bridgehead atoms. The minimum atomic E-state index is -0.0921. The number of para-hydroxylation sites is 1. The van der Waals surface area contributed by atoms with E-state index in [1.165, 1.54) is 11.3 Å². The number of hydrogen-bond donors (Lipinski definition) is 1. The van der Waals surface area contributed by atoms with Crippen molar-refractivity contribution in [2.75, 3.05) is 37.6 Å². The molecular weight excluding hydrogens is 362 g/mol. The van der Waals surface area contributed by atoms with Crippen LogP contribution in [-0.2, 0) is 11.3 Å². The number of nitrogens with two attached hydrogens (primary N) is 1. The van der Waals surface area contributed by atoms with Crippen LogP contribution in [0.15, 0.2) is 35.7 Å². The summed E-state index contributed by atoms with van der Waals surface area (Å²) in [6.07, 6.45) is 0.827. The van der Waals surface area contributed by atoms with Gasteiger partial charge in [0.05, 0.1) is 6.04 Å². The fraction of sp³-hybridized carbons (Fsp3) is 0.421. The average Bonchev–Trinajstić information content (AvgIpc) is 3.35. The third-order valence-corrected chi connectivity index (χ3v) is 6.10. The highest BCUT2D eigenvalue weighted by atomic mass is 32.1. The molecule has 2 aliphatic heterocycles. The van der Waals surface area contributed by atoms with E-state index in [0.717, 1.165) is 23.7 Å². The Morgan fingerprint density at radius 2 is 1.89 bits per heavy atom. The Labute approximate surface area is 162 Å². The van der Waals surface area contributed by atoms with E-state index < -0.39 is 0 Å². The van der Waals surface area contributed by atoms with Gasteiger partial charge < -0.3 is 15.5 Å². The number of thiazole rings is 1. The molecule has 2 amide bonds. The Bertz CT molecular complexity index is 817. The first-order valence-electron chi connectivity index (χ1n) is 9.21. The molecule has 0 radical (unpaired) electrons. The van der Waals surface area contributed by atoms with Gasteiger partial charge in [-0.1, -0.05) is 18.2 Å². The molecule has 1 aromatic carbocycles. The number of benzene rings is 1. The van der Waals surface area contributed by atoms with Gasteiger partial charge >= 0.3 is 0 Å². The first-order valence-corrected chi connectivity index (χ1v) is 10.1. The summed E-state index contributed by atoms with van der Waals surface area (Å²) < 4.78 is 0. The number of carbonyl (C=O) groups is 2. The van der Waals surface area contributed by atoms with Gasteiger partial charge in [0, 0.05) is 50.3 Å². The summed E-state index contributed by atoms with van der Waals surface area (Å²) in [5.41, 5.74) is 7.01. The second-order valence-corrected chi connectivity index (χ2v) is 7.73. The lowest BCUT2D eigenvalue weighted by atomic mass is 10.1. The van der Waals surface area contributed by atoms with E-state index >= 15 is 0 Å². The first-order chi connectivity index (χ1) is 13.2. The number of aromatic nitrogens is 1. The van der Waals surface area contributed by atoms with Crippen molar-refractivity contribution in [1.82, 2.24) is 14.8 Å². The third-order valence-electron chi connectivity index (χ3n) is 5.23. The topological polar surface area (TPSA) is 82.8 Å². The SMILES string of the molecule is NCc1nc(C(=O)N2CCN(C3CCN(c4ccccc4)C3=O)CC2)cs1. The normalized spacial score (nSPS) is 21.1. The fourth-order valence-corrected chi connectivity index (χ4v) is 4.42. The fourth-order valence-electron chi connectivity index (χ4n) is 3.77. The van der Waals surface area contributed by atoms with E-state index in [0.29, 0.717) is 38.4 Å². The van der Waals surface area contributed by atoms with E-state index in [2.05, 4.69) is 9.88 Å². The summed E-state index contributed by atoms with van der Waals surface area (Å²) in [7, 11) is 0. The lowest BCUT2D eigenvalue weighted by Crippen LogP contribution is -2.53. The summed E-state index contributed by atoms with van der Waals surface area (Å²) in [4.78, 5) is 35.6. The summed E-state index contributed by atoms with van der Waals surface area (Å²) in [5.74, 6) is 0.113. The standard InChI is InChI=1S/C19H23N5O2S/c20-12-17-21-15(13-27-17)18(25)23-10-8-22(9-11-23)16-6-7-24(19(16)26)14-4-2-1-3-5-14/h1-5,13,16H,6-12,20H2. The van der Waals surface area contributed by atoms with Gasteiger partial charge in [0.2, 0.25) is 5.91 Å². The van der Waals surface area contributed by atoms with Crippen LogP contribution in [0.3, 0.4) is 0 Å². The number of rotatable bonds is 4. The van der Waals surface area contributed by atoms with Gasteiger partial charge in [-0.25, -0.2) is 4.98 Å². The predicted octanol–water partition coefficient (Wildman–Crippen LogP) is 1.17. The third kappa shape index (κ3) is 3.60. The Morgan fingerprint density at radius 1 is 1.15 bits per heavy atom. The second kappa shape index (κ2) is 7.75. The predicted molar refractivity (Wildman–Crippen MR) is 105 cm³/mol. The van der Waals surface area contributed by atoms with Crippen LogP contribution in [0.25, 0.3) is 0 Å². The molecule has 2 aromatic rings. The minimum absolute atomic E-state index is 0.0470. The Morgan fingerprint density at radius 3 is 2.56 bits per heavy atom. The van der Waals surface area contributed by atoms with Gasteiger partial charge in [-0.2, -0.15) is 0 Å². The van der Waals surface area contributed by atoms with Gasteiger partial charge in [-0.05, 0) is 18.6 Å². The van der Waals surface area contributed by atoms with Gasteiger partial charge in [-0.15, -0.1) is 11.3 Å². The Hall–Kier alpha value is -2.29. The van der Waals surface area contributed by atoms with Crippen LogP contribution in [-0.4, -0.2) is 65.4 Å². The summed E-state index contributed by atoms with van der Waals surface area (Å²) in [6.45, 7) is 3.74. The summed E-state index contributed by atoms with van der Waals surface area (Å²) >= 11 is 1.42. The molecule has 0 aliphatic carbocycles. The molecule has 0 saturated carbocycles. The maximum atomic E-state index is 12.9. The van der Waals surface area contributed by atoms with Crippen LogP contribution < -0.4 is 10.6 Å². The number of carbonyl (C=O) groups excluding carboxylic acids is 2. The Balaban J connectivity index is 1.35. The van der Waals surface area contributed by atoms with E-state index in [1.807, 2.05) is 40.1 Å². The zero-order valence-electron chi connectivity index (χ0n) is 15.1. The number of anilines is 1. The largest absolute Gasteiger partial charge is 0.335 e. The Kier molecular flexibility index (Phi) is 5.20.